The topological polar surface area (TPSA) is 92.8 Å². The Kier molecular flexibility index (Phi) is 3.68. The van der Waals surface area contributed by atoms with E-state index in [1.165, 1.54) is 7.11 Å². The molecule has 0 aliphatic carbocycles. The van der Waals surface area contributed by atoms with Crippen molar-refractivity contribution in [3.63, 3.8) is 0 Å². The van der Waals surface area contributed by atoms with Crippen molar-refractivity contribution in [2.45, 2.75) is 12.5 Å². The van der Waals surface area contributed by atoms with Crippen LogP contribution in [-0.4, -0.2) is 29.3 Å². The van der Waals surface area contributed by atoms with Crippen molar-refractivity contribution in [1.82, 2.24) is 0 Å². The molecule has 0 radical (unpaired) electrons. The van der Waals surface area contributed by atoms with E-state index in [0.29, 0.717) is 0 Å². The van der Waals surface area contributed by atoms with Crippen molar-refractivity contribution in [1.29, 1.82) is 0 Å². The first-order valence-corrected chi connectivity index (χ1v) is 4.49. The van der Waals surface area contributed by atoms with Crippen LogP contribution in [0.5, 0.6) is 11.5 Å². The van der Waals surface area contributed by atoms with Gasteiger partial charge in [-0.05, 0) is 11.6 Å². The summed E-state index contributed by atoms with van der Waals surface area (Å²) >= 11 is 0. The van der Waals surface area contributed by atoms with E-state index in [9.17, 15) is 14.3 Å². The Balaban J connectivity index is 2.98. The molecule has 0 aliphatic heterocycles. The summed E-state index contributed by atoms with van der Waals surface area (Å²) < 4.78 is 17.9. The minimum absolute atomic E-state index is 0.106. The van der Waals surface area contributed by atoms with Gasteiger partial charge in [-0.25, -0.2) is 4.39 Å². The quantitative estimate of drug-likeness (QED) is 0.698. The summed E-state index contributed by atoms with van der Waals surface area (Å²) in [6.45, 7) is 0. The van der Waals surface area contributed by atoms with Crippen LogP contribution in [0.25, 0.3) is 0 Å². The predicted octanol–water partition coefficient (Wildman–Crippen LogP) is 0.494. The van der Waals surface area contributed by atoms with E-state index in [1.54, 1.807) is 0 Å². The van der Waals surface area contributed by atoms with Gasteiger partial charge in [-0.1, -0.05) is 0 Å². The molecule has 0 saturated carbocycles. The Morgan fingerprint density at radius 2 is 2.25 bits per heavy atom. The number of halogens is 1. The smallest absolute Gasteiger partial charge is 0.320 e. The maximum atomic E-state index is 13.3. The third-order valence-corrected chi connectivity index (χ3v) is 2.11. The maximum absolute atomic E-state index is 13.3. The van der Waals surface area contributed by atoms with Gasteiger partial charge in [0.25, 0.3) is 0 Å². The molecule has 6 heteroatoms. The molecule has 0 spiro atoms. The van der Waals surface area contributed by atoms with E-state index in [0.717, 1.165) is 12.1 Å². The number of hydrogen-bond donors (Lipinski definition) is 3. The largest absolute Gasteiger partial charge is 0.508 e. The number of carboxylic acid groups (broad SMARTS) is 1. The number of carbonyl (C=O) groups is 1. The second-order valence-corrected chi connectivity index (χ2v) is 3.26. The summed E-state index contributed by atoms with van der Waals surface area (Å²) in [5.41, 5.74) is 5.41. The lowest BCUT2D eigenvalue weighted by atomic mass is 10.1. The van der Waals surface area contributed by atoms with Crippen LogP contribution < -0.4 is 10.5 Å². The average Bonchev–Trinajstić information content (AvgIpc) is 2.22. The Morgan fingerprint density at radius 1 is 1.62 bits per heavy atom. The fraction of sp³-hybridized carbons (Fsp3) is 0.300. The molecule has 0 aromatic heterocycles. The molecule has 1 aromatic rings. The Bertz CT molecular complexity index is 408. The number of rotatable bonds is 4. The van der Waals surface area contributed by atoms with Crippen molar-refractivity contribution >= 4 is 5.97 Å². The zero-order valence-electron chi connectivity index (χ0n) is 8.61. The summed E-state index contributed by atoms with van der Waals surface area (Å²) in [5, 5.41) is 18.1. The molecule has 0 fully saturated rings. The van der Waals surface area contributed by atoms with Gasteiger partial charge in [-0.3, -0.25) is 4.79 Å². The molecule has 16 heavy (non-hydrogen) atoms. The molecule has 0 aliphatic rings. The van der Waals surface area contributed by atoms with Crippen molar-refractivity contribution < 1.29 is 24.1 Å². The highest BCUT2D eigenvalue weighted by Crippen LogP contribution is 2.27. The molecule has 4 N–H and O–H groups in total. The molecule has 1 rings (SSSR count). The fourth-order valence-corrected chi connectivity index (χ4v) is 1.23. The van der Waals surface area contributed by atoms with Gasteiger partial charge in [0.05, 0.1) is 7.11 Å². The van der Waals surface area contributed by atoms with E-state index < -0.39 is 17.8 Å². The number of phenolic OH excluding ortho intramolecular Hbond substituents is 1. The van der Waals surface area contributed by atoms with Crippen LogP contribution in [0.15, 0.2) is 12.1 Å². The highest BCUT2D eigenvalue weighted by molar-refractivity contribution is 5.73. The molecule has 1 aromatic carbocycles. The number of carboxylic acids is 1. The van der Waals surface area contributed by atoms with E-state index in [1.807, 2.05) is 0 Å². The molecular weight excluding hydrogens is 217 g/mol. The van der Waals surface area contributed by atoms with Gasteiger partial charge in [-0.15, -0.1) is 0 Å². The normalized spacial score (nSPS) is 12.2. The second kappa shape index (κ2) is 4.80. The van der Waals surface area contributed by atoms with Crippen molar-refractivity contribution in [2.24, 2.45) is 5.73 Å². The van der Waals surface area contributed by atoms with Crippen LogP contribution in [-0.2, 0) is 11.2 Å². The number of methoxy groups -OCH3 is 1. The molecule has 0 amide bonds. The zero-order chi connectivity index (χ0) is 12.3. The van der Waals surface area contributed by atoms with Crippen molar-refractivity contribution in [3.05, 3.63) is 23.5 Å². The van der Waals surface area contributed by atoms with Crippen molar-refractivity contribution in [2.75, 3.05) is 7.11 Å². The van der Waals surface area contributed by atoms with E-state index in [2.05, 4.69) is 4.74 Å². The number of nitrogens with two attached hydrogens (primary N) is 1. The molecule has 1 atom stereocenters. The number of aliphatic carboxylic acids is 1. The molecular formula is C10H12FNO4. The summed E-state index contributed by atoms with van der Waals surface area (Å²) in [5.74, 6) is -2.23. The van der Waals surface area contributed by atoms with Crippen LogP contribution in [0, 0.1) is 5.82 Å². The Labute approximate surface area is 91.3 Å². The van der Waals surface area contributed by atoms with E-state index >= 15 is 0 Å². The summed E-state index contributed by atoms with van der Waals surface area (Å²) in [7, 11) is 1.26. The molecule has 1 unspecified atom stereocenters. The number of aromatic hydroxyl groups is 1. The fourth-order valence-electron chi connectivity index (χ4n) is 1.23. The second-order valence-electron chi connectivity index (χ2n) is 3.26. The zero-order valence-corrected chi connectivity index (χ0v) is 8.61. The predicted molar refractivity (Wildman–Crippen MR) is 53.9 cm³/mol. The van der Waals surface area contributed by atoms with Crippen LogP contribution in [0.3, 0.4) is 0 Å². The van der Waals surface area contributed by atoms with E-state index in [-0.39, 0.29) is 23.5 Å². The number of ether oxygens (including phenoxy) is 1. The van der Waals surface area contributed by atoms with Gasteiger partial charge in [-0.2, -0.15) is 0 Å². The van der Waals surface area contributed by atoms with Gasteiger partial charge >= 0.3 is 5.97 Å². The van der Waals surface area contributed by atoms with Gasteiger partial charge in [0.1, 0.15) is 11.8 Å². The lowest BCUT2D eigenvalue weighted by Gasteiger charge is -2.10. The van der Waals surface area contributed by atoms with Gasteiger partial charge < -0.3 is 20.7 Å². The maximum Gasteiger partial charge on any atom is 0.320 e. The van der Waals surface area contributed by atoms with Crippen LogP contribution in [0.4, 0.5) is 4.39 Å². The van der Waals surface area contributed by atoms with Crippen LogP contribution >= 0.6 is 0 Å². The van der Waals surface area contributed by atoms with Gasteiger partial charge in [0.2, 0.25) is 0 Å². The number of hydrogen-bond acceptors (Lipinski definition) is 4. The summed E-state index contributed by atoms with van der Waals surface area (Å²) in [4.78, 5) is 10.5. The minimum atomic E-state index is -1.21. The highest BCUT2D eigenvalue weighted by Gasteiger charge is 2.16. The lowest BCUT2D eigenvalue weighted by Crippen LogP contribution is -2.32. The SMILES string of the molecule is COc1cc(O)c(CC(N)C(=O)O)cc1F. The Hall–Kier alpha value is -1.82. The van der Waals surface area contributed by atoms with E-state index in [4.69, 9.17) is 10.8 Å². The van der Waals surface area contributed by atoms with Gasteiger partial charge in [0.15, 0.2) is 11.6 Å². The summed E-state index contributed by atoms with van der Waals surface area (Å²) in [6.07, 6.45) is -0.151. The van der Waals surface area contributed by atoms with Crippen LogP contribution in [0.1, 0.15) is 5.56 Å². The number of phenols is 1. The first-order chi connectivity index (χ1) is 7.45. The monoisotopic (exact) mass is 229 g/mol. The first-order valence-electron chi connectivity index (χ1n) is 4.49. The molecule has 5 nitrogen and oxygen atoms in total. The first kappa shape index (κ1) is 12.3. The molecule has 0 saturated heterocycles. The molecule has 0 bridgehead atoms. The number of benzene rings is 1. The van der Waals surface area contributed by atoms with Crippen LogP contribution in [0.2, 0.25) is 0 Å². The average molecular weight is 229 g/mol. The summed E-state index contributed by atoms with van der Waals surface area (Å²) in [6, 6.07) is 0.912. The Morgan fingerprint density at radius 3 is 2.75 bits per heavy atom. The molecule has 88 valence electrons. The third kappa shape index (κ3) is 2.60. The standard InChI is InChI=1S/C10H12FNO4/c1-16-9-4-8(13)5(2-6(9)11)3-7(12)10(14)15/h2,4,7,13H,3,12H2,1H3,(H,14,15). The molecule has 0 heterocycles. The lowest BCUT2D eigenvalue weighted by molar-refractivity contribution is -0.138. The minimum Gasteiger partial charge on any atom is -0.508 e. The highest BCUT2D eigenvalue weighted by atomic mass is 19.1. The van der Waals surface area contributed by atoms with Gasteiger partial charge in [0, 0.05) is 12.5 Å². The third-order valence-electron chi connectivity index (χ3n) is 2.11. The van der Waals surface area contributed by atoms with Crippen molar-refractivity contribution in [3.8, 4) is 11.5 Å².